The van der Waals surface area contributed by atoms with Gasteiger partial charge in [0.2, 0.25) is 6.79 Å². The highest BCUT2D eigenvalue weighted by Gasteiger charge is 2.19. The van der Waals surface area contributed by atoms with Crippen LogP contribution in [0.1, 0.15) is 32.2 Å². The van der Waals surface area contributed by atoms with Gasteiger partial charge in [0.05, 0.1) is 35.0 Å². The van der Waals surface area contributed by atoms with Crippen molar-refractivity contribution in [2.24, 2.45) is 0 Å². The first-order valence-electron chi connectivity index (χ1n) is 14.6. The molecule has 5 rings (SSSR count). The van der Waals surface area contributed by atoms with Crippen LogP contribution < -0.4 is 28.4 Å². The van der Waals surface area contributed by atoms with Gasteiger partial charge < -0.3 is 33.3 Å². The molecule has 45 heavy (non-hydrogen) atoms. The van der Waals surface area contributed by atoms with Crippen molar-refractivity contribution in [2.45, 2.75) is 25.9 Å². The molecule has 238 valence electrons. The van der Waals surface area contributed by atoms with Gasteiger partial charge in [0.25, 0.3) is 5.91 Å². The zero-order valence-electron chi connectivity index (χ0n) is 26.3. The SMILES string of the molecule is COc1ccc(CCN(Cc2ccc3c(c2)OCO3)Cc2nc(C(=O)N(C)CCc3ccc(OC)c(OC)c3)cs2)cc1OC. The Balaban J connectivity index is 1.25. The molecule has 0 saturated heterocycles. The van der Waals surface area contributed by atoms with Crippen LogP contribution in [-0.2, 0) is 25.9 Å². The second-order valence-corrected chi connectivity index (χ2v) is 11.6. The number of fused-ring (bicyclic) bond motifs is 1. The molecule has 0 N–H and O–H groups in total. The maximum Gasteiger partial charge on any atom is 0.273 e. The zero-order valence-corrected chi connectivity index (χ0v) is 27.1. The van der Waals surface area contributed by atoms with Crippen LogP contribution in [0.3, 0.4) is 0 Å². The van der Waals surface area contributed by atoms with Gasteiger partial charge in [-0.2, -0.15) is 0 Å². The zero-order chi connectivity index (χ0) is 31.8. The molecule has 0 fully saturated rings. The summed E-state index contributed by atoms with van der Waals surface area (Å²) in [6.45, 7) is 2.81. The van der Waals surface area contributed by atoms with Crippen molar-refractivity contribution in [2.75, 3.05) is 55.4 Å². The van der Waals surface area contributed by atoms with Crippen molar-refractivity contribution in [1.29, 1.82) is 0 Å². The van der Waals surface area contributed by atoms with Crippen molar-refractivity contribution in [3.8, 4) is 34.5 Å². The normalized spacial score (nSPS) is 11.9. The third-order valence-electron chi connectivity index (χ3n) is 7.67. The summed E-state index contributed by atoms with van der Waals surface area (Å²) in [4.78, 5) is 22.1. The smallest absolute Gasteiger partial charge is 0.273 e. The van der Waals surface area contributed by atoms with Gasteiger partial charge in [0.1, 0.15) is 10.7 Å². The van der Waals surface area contributed by atoms with Crippen LogP contribution in [0.15, 0.2) is 60.0 Å². The molecule has 11 heteroatoms. The highest BCUT2D eigenvalue weighted by molar-refractivity contribution is 7.09. The molecule has 10 nitrogen and oxygen atoms in total. The molecule has 0 radical (unpaired) electrons. The number of rotatable bonds is 15. The second-order valence-electron chi connectivity index (χ2n) is 10.6. The minimum Gasteiger partial charge on any atom is -0.493 e. The number of ether oxygens (including phenoxy) is 6. The van der Waals surface area contributed by atoms with Crippen molar-refractivity contribution in [3.63, 3.8) is 0 Å². The number of benzene rings is 3. The highest BCUT2D eigenvalue weighted by atomic mass is 32.1. The molecule has 1 aliphatic rings. The van der Waals surface area contributed by atoms with Crippen LogP contribution in [0.5, 0.6) is 34.5 Å². The lowest BCUT2D eigenvalue weighted by molar-refractivity contribution is 0.0791. The number of thiazole rings is 1. The van der Waals surface area contributed by atoms with E-state index >= 15 is 0 Å². The Kier molecular flexibility index (Phi) is 10.6. The van der Waals surface area contributed by atoms with Crippen LogP contribution in [0.25, 0.3) is 0 Å². The number of amides is 1. The fourth-order valence-electron chi connectivity index (χ4n) is 5.14. The minimum atomic E-state index is -0.106. The van der Waals surface area contributed by atoms with E-state index in [0.29, 0.717) is 54.7 Å². The van der Waals surface area contributed by atoms with E-state index in [1.54, 1.807) is 40.4 Å². The maximum atomic E-state index is 13.3. The van der Waals surface area contributed by atoms with E-state index in [2.05, 4.69) is 17.0 Å². The van der Waals surface area contributed by atoms with E-state index in [0.717, 1.165) is 46.2 Å². The largest absolute Gasteiger partial charge is 0.493 e. The van der Waals surface area contributed by atoms with E-state index in [9.17, 15) is 4.79 Å². The summed E-state index contributed by atoms with van der Waals surface area (Å²) >= 11 is 1.50. The molecule has 1 aliphatic heterocycles. The topological polar surface area (TPSA) is 91.8 Å². The van der Waals surface area contributed by atoms with Gasteiger partial charge in [-0.15, -0.1) is 11.3 Å². The number of carbonyl (C=O) groups is 1. The Morgan fingerprint density at radius 2 is 1.36 bits per heavy atom. The van der Waals surface area contributed by atoms with E-state index in [4.69, 9.17) is 33.4 Å². The number of likely N-dealkylation sites (N-methyl/N-ethyl adjacent to an activating group) is 1. The number of hydrogen-bond donors (Lipinski definition) is 0. The lowest BCUT2D eigenvalue weighted by atomic mass is 10.1. The van der Waals surface area contributed by atoms with Gasteiger partial charge >= 0.3 is 0 Å². The number of carbonyl (C=O) groups excluding carboxylic acids is 1. The summed E-state index contributed by atoms with van der Waals surface area (Å²) in [6.07, 6.45) is 1.47. The lowest BCUT2D eigenvalue weighted by Crippen LogP contribution is -2.29. The fourth-order valence-corrected chi connectivity index (χ4v) is 5.95. The second kappa shape index (κ2) is 15.0. The molecule has 0 spiro atoms. The molecule has 3 aromatic carbocycles. The van der Waals surface area contributed by atoms with E-state index in [-0.39, 0.29) is 12.7 Å². The molecule has 0 aliphatic carbocycles. The van der Waals surface area contributed by atoms with Crippen LogP contribution in [-0.4, -0.2) is 76.1 Å². The quantitative estimate of drug-likeness (QED) is 0.169. The van der Waals surface area contributed by atoms with Gasteiger partial charge in [-0.25, -0.2) is 4.98 Å². The molecule has 0 bridgehead atoms. The van der Waals surface area contributed by atoms with E-state index < -0.39 is 0 Å². The number of hydrogen-bond acceptors (Lipinski definition) is 10. The van der Waals surface area contributed by atoms with E-state index in [1.807, 2.05) is 47.8 Å². The highest BCUT2D eigenvalue weighted by Crippen LogP contribution is 2.33. The standard InChI is InChI=1S/C34H39N3O7S/c1-36(14-12-23-6-9-27(39-2)30(16-23)41-4)34(38)26-21-45-33(35-26)20-37(19-25-8-11-29-32(18-25)44-22-43-29)15-13-24-7-10-28(40-3)31(17-24)42-5/h6-11,16-18,21H,12-15,19-20,22H2,1-5H3. The average molecular weight is 634 g/mol. The molecule has 1 aromatic heterocycles. The van der Waals surface area contributed by atoms with Crippen molar-refractivity contribution in [1.82, 2.24) is 14.8 Å². The summed E-state index contributed by atoms with van der Waals surface area (Å²) in [7, 11) is 8.30. The Morgan fingerprint density at radius 3 is 2.00 bits per heavy atom. The maximum absolute atomic E-state index is 13.3. The average Bonchev–Trinajstić information content (AvgIpc) is 3.75. The van der Waals surface area contributed by atoms with Crippen molar-refractivity contribution in [3.05, 3.63) is 87.4 Å². The third-order valence-corrected chi connectivity index (χ3v) is 8.50. The van der Waals surface area contributed by atoms with Crippen LogP contribution in [0.4, 0.5) is 0 Å². The first-order valence-corrected chi connectivity index (χ1v) is 15.5. The predicted octanol–water partition coefficient (Wildman–Crippen LogP) is 5.47. The molecular weight excluding hydrogens is 594 g/mol. The van der Waals surface area contributed by atoms with Crippen LogP contribution in [0.2, 0.25) is 0 Å². The number of aromatic nitrogens is 1. The van der Waals surface area contributed by atoms with Gasteiger partial charge in [-0.1, -0.05) is 18.2 Å². The molecule has 4 aromatic rings. The lowest BCUT2D eigenvalue weighted by Gasteiger charge is -2.22. The summed E-state index contributed by atoms with van der Waals surface area (Å²) in [5.41, 5.74) is 3.75. The number of methoxy groups -OCH3 is 4. The van der Waals surface area contributed by atoms with E-state index in [1.165, 1.54) is 11.3 Å². The van der Waals surface area contributed by atoms with Gasteiger partial charge in [-0.3, -0.25) is 9.69 Å². The van der Waals surface area contributed by atoms with Crippen molar-refractivity contribution >= 4 is 17.2 Å². The summed E-state index contributed by atoms with van der Waals surface area (Å²) in [5.74, 6) is 4.16. The Morgan fingerprint density at radius 1 is 0.756 bits per heavy atom. The first-order chi connectivity index (χ1) is 21.9. The first kappa shape index (κ1) is 31.9. The summed E-state index contributed by atoms with van der Waals surface area (Å²) in [6, 6.07) is 17.8. The fraction of sp³-hybridized carbons (Fsp3) is 0.353. The van der Waals surface area contributed by atoms with Crippen LogP contribution in [0, 0.1) is 0 Å². The molecule has 0 unspecified atom stereocenters. The predicted molar refractivity (Wildman–Crippen MR) is 172 cm³/mol. The van der Waals surface area contributed by atoms with Gasteiger partial charge in [0, 0.05) is 32.1 Å². The molecule has 2 heterocycles. The molecule has 1 amide bonds. The van der Waals surface area contributed by atoms with Crippen LogP contribution >= 0.6 is 11.3 Å². The molecular formula is C34H39N3O7S. The minimum absolute atomic E-state index is 0.106. The summed E-state index contributed by atoms with van der Waals surface area (Å²) < 4.78 is 32.7. The van der Waals surface area contributed by atoms with Crippen molar-refractivity contribution < 1.29 is 33.2 Å². The Hall–Kier alpha value is -4.48. The monoisotopic (exact) mass is 633 g/mol. The third kappa shape index (κ3) is 7.98. The number of nitrogens with zero attached hydrogens (tertiary/aromatic N) is 3. The Labute approximate surface area is 268 Å². The van der Waals surface area contributed by atoms with Gasteiger partial charge in [0.15, 0.2) is 34.5 Å². The summed E-state index contributed by atoms with van der Waals surface area (Å²) in [5, 5.41) is 2.72. The van der Waals surface area contributed by atoms with Gasteiger partial charge in [-0.05, 0) is 65.9 Å². The molecule has 0 atom stereocenters. The molecule has 0 saturated carbocycles. The Bertz CT molecular complexity index is 1610.